The molecule has 2 rings (SSSR count). The summed E-state index contributed by atoms with van der Waals surface area (Å²) in [5.74, 6) is -0.443. The predicted molar refractivity (Wildman–Crippen MR) is 83.2 cm³/mol. The van der Waals surface area contributed by atoms with Gasteiger partial charge >= 0.3 is 0 Å². The molecule has 1 aromatic carbocycles. The molecular formula is C18H25FN2. The standard InChI is InChI=1S/C18H25FN2/c1-17(2)8-15(9-18(3,4)12-17)21-11-13-5-6-16(19)14(7-13)10-20/h5-7,15,21H,8-9,11-12H2,1-4H3. The van der Waals surface area contributed by atoms with Crippen molar-refractivity contribution < 1.29 is 4.39 Å². The Kier molecular flexibility index (Phi) is 4.39. The van der Waals surface area contributed by atoms with Crippen LogP contribution in [0.15, 0.2) is 18.2 Å². The van der Waals surface area contributed by atoms with Gasteiger partial charge in [-0.2, -0.15) is 5.26 Å². The van der Waals surface area contributed by atoms with Gasteiger partial charge < -0.3 is 5.32 Å². The van der Waals surface area contributed by atoms with Crippen molar-refractivity contribution in [2.45, 2.75) is 59.5 Å². The predicted octanol–water partition coefficient (Wildman–Crippen LogP) is 4.39. The lowest BCUT2D eigenvalue weighted by Crippen LogP contribution is -2.43. The second-order valence-electron chi connectivity index (χ2n) is 7.92. The van der Waals surface area contributed by atoms with E-state index in [0.717, 1.165) is 18.4 Å². The van der Waals surface area contributed by atoms with Crippen molar-refractivity contribution in [3.63, 3.8) is 0 Å². The molecule has 0 aromatic heterocycles. The quantitative estimate of drug-likeness (QED) is 0.895. The number of nitrogens with one attached hydrogen (secondary N) is 1. The summed E-state index contributed by atoms with van der Waals surface area (Å²) in [7, 11) is 0. The molecule has 0 spiro atoms. The van der Waals surface area contributed by atoms with Crippen LogP contribution in [-0.2, 0) is 6.54 Å². The van der Waals surface area contributed by atoms with Crippen LogP contribution in [0.25, 0.3) is 0 Å². The van der Waals surface area contributed by atoms with Crippen molar-refractivity contribution in [1.82, 2.24) is 5.32 Å². The zero-order valence-corrected chi connectivity index (χ0v) is 13.5. The van der Waals surface area contributed by atoms with Gasteiger partial charge in [-0.25, -0.2) is 4.39 Å². The first-order valence-electron chi connectivity index (χ1n) is 7.63. The third kappa shape index (κ3) is 4.28. The third-order valence-electron chi connectivity index (χ3n) is 4.30. The topological polar surface area (TPSA) is 35.8 Å². The van der Waals surface area contributed by atoms with E-state index >= 15 is 0 Å². The van der Waals surface area contributed by atoms with E-state index in [-0.39, 0.29) is 5.56 Å². The van der Waals surface area contributed by atoms with Crippen LogP contribution in [0, 0.1) is 28.0 Å². The van der Waals surface area contributed by atoms with Crippen molar-refractivity contribution in [3.8, 4) is 6.07 Å². The second kappa shape index (κ2) is 5.77. The SMILES string of the molecule is CC1(C)CC(NCc2ccc(F)c(C#N)c2)CC(C)(C)C1. The summed E-state index contributed by atoms with van der Waals surface area (Å²) in [6, 6.07) is 7.14. The van der Waals surface area contributed by atoms with Crippen LogP contribution in [0.1, 0.15) is 58.1 Å². The lowest BCUT2D eigenvalue weighted by Gasteiger charge is -2.45. The molecule has 0 saturated heterocycles. The molecule has 21 heavy (non-hydrogen) atoms. The van der Waals surface area contributed by atoms with Gasteiger partial charge in [-0.3, -0.25) is 0 Å². The monoisotopic (exact) mass is 288 g/mol. The van der Waals surface area contributed by atoms with E-state index in [1.54, 1.807) is 12.1 Å². The van der Waals surface area contributed by atoms with Crippen molar-refractivity contribution >= 4 is 0 Å². The highest BCUT2D eigenvalue weighted by Gasteiger charge is 2.38. The zero-order valence-electron chi connectivity index (χ0n) is 13.5. The molecule has 0 radical (unpaired) electrons. The van der Waals surface area contributed by atoms with E-state index in [0.29, 0.717) is 23.4 Å². The maximum atomic E-state index is 13.3. The number of nitrogens with zero attached hydrogens (tertiary/aromatic N) is 1. The molecule has 1 N–H and O–H groups in total. The lowest BCUT2D eigenvalue weighted by atomic mass is 9.63. The number of rotatable bonds is 3. The van der Waals surface area contributed by atoms with Crippen LogP contribution in [0.4, 0.5) is 4.39 Å². The van der Waals surface area contributed by atoms with Crippen LogP contribution in [-0.4, -0.2) is 6.04 Å². The van der Waals surface area contributed by atoms with E-state index in [4.69, 9.17) is 5.26 Å². The molecule has 0 bridgehead atoms. The summed E-state index contributed by atoms with van der Waals surface area (Å²) in [6.45, 7) is 10.00. The number of nitriles is 1. The van der Waals surface area contributed by atoms with Crippen molar-refractivity contribution in [2.75, 3.05) is 0 Å². The largest absolute Gasteiger partial charge is 0.310 e. The molecule has 0 unspecified atom stereocenters. The molecule has 1 fully saturated rings. The first-order chi connectivity index (χ1) is 9.71. The van der Waals surface area contributed by atoms with Gasteiger partial charge in [0, 0.05) is 12.6 Å². The Morgan fingerprint density at radius 2 is 1.86 bits per heavy atom. The summed E-state index contributed by atoms with van der Waals surface area (Å²) in [5, 5.41) is 12.5. The van der Waals surface area contributed by atoms with Gasteiger partial charge in [0.05, 0.1) is 5.56 Å². The van der Waals surface area contributed by atoms with Crippen molar-refractivity contribution in [1.29, 1.82) is 5.26 Å². The minimum absolute atomic E-state index is 0.124. The highest BCUT2D eigenvalue weighted by molar-refractivity contribution is 5.34. The van der Waals surface area contributed by atoms with Gasteiger partial charge in [0.25, 0.3) is 0 Å². The highest BCUT2D eigenvalue weighted by Crippen LogP contribution is 2.45. The van der Waals surface area contributed by atoms with E-state index in [1.807, 2.05) is 6.07 Å². The van der Waals surface area contributed by atoms with Crippen molar-refractivity contribution in [2.24, 2.45) is 10.8 Å². The average molecular weight is 288 g/mol. The Balaban J connectivity index is 2.01. The summed E-state index contributed by atoms with van der Waals surface area (Å²) in [6.07, 6.45) is 3.55. The van der Waals surface area contributed by atoms with Crippen LogP contribution in [0.2, 0.25) is 0 Å². The minimum atomic E-state index is -0.443. The maximum Gasteiger partial charge on any atom is 0.140 e. The molecule has 2 nitrogen and oxygen atoms in total. The summed E-state index contributed by atoms with van der Waals surface area (Å²) in [5.41, 5.74) is 1.78. The van der Waals surface area contributed by atoms with E-state index in [9.17, 15) is 4.39 Å². The molecule has 0 heterocycles. The minimum Gasteiger partial charge on any atom is -0.310 e. The van der Waals surface area contributed by atoms with Crippen LogP contribution in [0.5, 0.6) is 0 Å². The van der Waals surface area contributed by atoms with Crippen molar-refractivity contribution in [3.05, 3.63) is 35.1 Å². The molecule has 1 aliphatic rings. The van der Waals surface area contributed by atoms with Gasteiger partial charge in [0.1, 0.15) is 11.9 Å². The number of hydrogen-bond acceptors (Lipinski definition) is 2. The molecule has 1 saturated carbocycles. The Morgan fingerprint density at radius 1 is 1.24 bits per heavy atom. The van der Waals surface area contributed by atoms with Gasteiger partial charge in [-0.1, -0.05) is 33.8 Å². The molecular weight excluding hydrogens is 263 g/mol. The average Bonchev–Trinajstić information content (AvgIpc) is 2.34. The molecule has 114 valence electrons. The lowest BCUT2D eigenvalue weighted by molar-refractivity contribution is 0.0845. The molecule has 0 amide bonds. The first kappa shape index (κ1) is 16.0. The van der Waals surface area contributed by atoms with E-state index in [2.05, 4.69) is 33.0 Å². The fourth-order valence-electron chi connectivity index (χ4n) is 4.02. The summed E-state index contributed by atoms with van der Waals surface area (Å²) in [4.78, 5) is 0. The normalized spacial score (nSPS) is 21.0. The Hall–Kier alpha value is -1.40. The zero-order chi connectivity index (χ0) is 15.7. The van der Waals surface area contributed by atoms with Crippen LogP contribution in [0.3, 0.4) is 0 Å². The van der Waals surface area contributed by atoms with Gasteiger partial charge in [-0.15, -0.1) is 0 Å². The van der Waals surface area contributed by atoms with E-state index in [1.165, 1.54) is 12.5 Å². The van der Waals surface area contributed by atoms with Crippen LogP contribution >= 0.6 is 0 Å². The first-order valence-corrected chi connectivity index (χ1v) is 7.63. The highest BCUT2D eigenvalue weighted by atomic mass is 19.1. The van der Waals surface area contributed by atoms with Gasteiger partial charge in [0.15, 0.2) is 0 Å². The number of hydrogen-bond donors (Lipinski definition) is 1. The maximum absolute atomic E-state index is 13.3. The molecule has 1 aliphatic carbocycles. The molecule has 0 aliphatic heterocycles. The number of benzene rings is 1. The Morgan fingerprint density at radius 3 is 2.43 bits per heavy atom. The fraction of sp³-hybridized carbons (Fsp3) is 0.611. The third-order valence-corrected chi connectivity index (χ3v) is 4.30. The molecule has 0 atom stereocenters. The number of halogens is 1. The second-order valence-corrected chi connectivity index (χ2v) is 7.92. The van der Waals surface area contributed by atoms with Gasteiger partial charge in [0.2, 0.25) is 0 Å². The Bertz CT molecular complexity index is 539. The van der Waals surface area contributed by atoms with Crippen LogP contribution < -0.4 is 5.32 Å². The van der Waals surface area contributed by atoms with Gasteiger partial charge in [-0.05, 0) is 47.8 Å². The summed E-state index contributed by atoms with van der Waals surface area (Å²) >= 11 is 0. The van der Waals surface area contributed by atoms with E-state index < -0.39 is 5.82 Å². The summed E-state index contributed by atoms with van der Waals surface area (Å²) < 4.78 is 13.3. The fourth-order valence-corrected chi connectivity index (χ4v) is 4.02. The molecule has 1 aromatic rings. The Labute approximate surface area is 127 Å². The smallest absolute Gasteiger partial charge is 0.140 e. The molecule has 3 heteroatoms.